The van der Waals surface area contributed by atoms with Crippen molar-refractivity contribution in [2.75, 3.05) is 33.7 Å². The van der Waals surface area contributed by atoms with E-state index >= 15 is 0 Å². The minimum absolute atomic E-state index is 0.670. The summed E-state index contributed by atoms with van der Waals surface area (Å²) in [7, 11) is 3.97. The Morgan fingerprint density at radius 3 is 2.43 bits per heavy atom. The number of likely N-dealkylation sites (tertiary alicyclic amines) is 1. The lowest BCUT2D eigenvalue weighted by atomic mass is 9.97. The number of hydrogen-bond donors (Lipinski definition) is 1. The summed E-state index contributed by atoms with van der Waals surface area (Å²) < 4.78 is 5.74. The number of rotatable bonds is 7. The summed E-state index contributed by atoms with van der Waals surface area (Å²) in [6.07, 6.45) is 3.45. The summed E-state index contributed by atoms with van der Waals surface area (Å²) in [5.41, 5.74) is 3.69. The van der Waals surface area contributed by atoms with E-state index in [0.717, 1.165) is 62.4 Å². The molecule has 30 heavy (non-hydrogen) atoms. The van der Waals surface area contributed by atoms with Crippen LogP contribution in [0.3, 0.4) is 0 Å². The summed E-state index contributed by atoms with van der Waals surface area (Å²) in [4.78, 5) is 13.6. The van der Waals surface area contributed by atoms with Gasteiger partial charge in [-0.3, -0.25) is 9.89 Å². The van der Waals surface area contributed by atoms with Gasteiger partial charge < -0.3 is 14.6 Å². The Bertz CT molecular complexity index is 799. The Balaban J connectivity index is 1.41. The van der Waals surface area contributed by atoms with E-state index in [1.54, 1.807) is 0 Å². The molecule has 0 spiro atoms. The molecule has 1 aromatic carbocycles. The minimum atomic E-state index is 0.670. The van der Waals surface area contributed by atoms with Gasteiger partial charge in [-0.25, -0.2) is 4.98 Å². The topological polar surface area (TPSA) is 56.9 Å². The van der Waals surface area contributed by atoms with E-state index in [2.05, 4.69) is 63.3 Å². The highest BCUT2D eigenvalue weighted by molar-refractivity contribution is 5.79. The molecule has 1 N–H and O–H groups in total. The molecule has 1 saturated heterocycles. The molecule has 3 rings (SSSR count). The number of aryl methyl sites for hydroxylation is 3. The maximum atomic E-state index is 5.74. The van der Waals surface area contributed by atoms with Crippen molar-refractivity contribution in [1.29, 1.82) is 0 Å². The van der Waals surface area contributed by atoms with Crippen LogP contribution >= 0.6 is 0 Å². The average molecular weight is 412 g/mol. The smallest absolute Gasteiger partial charge is 0.208 e. The molecule has 6 nitrogen and oxygen atoms in total. The molecule has 0 amide bonds. The zero-order chi connectivity index (χ0) is 21.5. The molecule has 2 heterocycles. The van der Waals surface area contributed by atoms with Crippen LogP contribution in [0.15, 0.2) is 33.7 Å². The minimum Gasteiger partial charge on any atom is -0.444 e. The zero-order valence-corrected chi connectivity index (χ0v) is 19.2. The molecule has 1 aliphatic rings. The predicted octanol–water partition coefficient (Wildman–Crippen LogP) is 3.77. The number of nitrogens with zero attached hydrogens (tertiary/aromatic N) is 4. The van der Waals surface area contributed by atoms with E-state index < -0.39 is 0 Å². The van der Waals surface area contributed by atoms with Gasteiger partial charge in [0, 0.05) is 27.2 Å². The Kier molecular flexibility index (Phi) is 7.91. The number of nitrogens with one attached hydrogen (secondary N) is 1. The number of piperidine rings is 1. The van der Waals surface area contributed by atoms with E-state index in [4.69, 9.17) is 4.42 Å². The van der Waals surface area contributed by atoms with Crippen molar-refractivity contribution < 1.29 is 4.42 Å². The van der Waals surface area contributed by atoms with Gasteiger partial charge in [0.2, 0.25) is 5.89 Å². The molecule has 164 valence electrons. The number of hydrogen-bond acceptors (Lipinski definition) is 4. The third-order valence-electron chi connectivity index (χ3n) is 6.11. The fraction of sp³-hybridized carbons (Fsp3) is 0.583. The molecule has 1 aromatic heterocycles. The van der Waals surface area contributed by atoms with Gasteiger partial charge in [0.15, 0.2) is 5.96 Å². The lowest BCUT2D eigenvalue weighted by Crippen LogP contribution is -2.43. The fourth-order valence-electron chi connectivity index (χ4n) is 4.00. The van der Waals surface area contributed by atoms with E-state index in [1.165, 1.54) is 24.0 Å². The Labute approximate surface area is 181 Å². The van der Waals surface area contributed by atoms with Crippen molar-refractivity contribution in [3.63, 3.8) is 0 Å². The van der Waals surface area contributed by atoms with Crippen LogP contribution in [0.1, 0.15) is 48.2 Å². The molecule has 0 atom stereocenters. The van der Waals surface area contributed by atoms with E-state index in [0.29, 0.717) is 5.92 Å². The summed E-state index contributed by atoms with van der Waals surface area (Å²) in [6.45, 7) is 11.0. The first kappa shape index (κ1) is 22.3. The lowest BCUT2D eigenvalue weighted by molar-refractivity contribution is 0.163. The highest BCUT2D eigenvalue weighted by Gasteiger charge is 2.21. The van der Waals surface area contributed by atoms with Crippen LogP contribution in [0.4, 0.5) is 0 Å². The van der Waals surface area contributed by atoms with Crippen molar-refractivity contribution in [2.24, 2.45) is 10.9 Å². The van der Waals surface area contributed by atoms with Gasteiger partial charge in [-0.2, -0.15) is 0 Å². The van der Waals surface area contributed by atoms with Crippen LogP contribution in [0.25, 0.3) is 0 Å². The molecule has 0 bridgehead atoms. The van der Waals surface area contributed by atoms with Crippen molar-refractivity contribution in [3.05, 3.63) is 52.7 Å². The van der Waals surface area contributed by atoms with Gasteiger partial charge >= 0.3 is 0 Å². The SMILES string of the molecule is CCc1ccc(CN(C)C(=NC)NCC2CCN(Cc3nc(C)c(C)o3)CC2)cc1. The Hall–Kier alpha value is -2.34. The third kappa shape index (κ3) is 6.08. The largest absolute Gasteiger partial charge is 0.444 e. The Morgan fingerprint density at radius 2 is 1.87 bits per heavy atom. The highest BCUT2D eigenvalue weighted by atomic mass is 16.4. The number of oxazole rings is 1. The number of aromatic nitrogens is 1. The maximum absolute atomic E-state index is 5.74. The zero-order valence-electron chi connectivity index (χ0n) is 19.2. The third-order valence-corrected chi connectivity index (χ3v) is 6.11. The summed E-state index contributed by atoms with van der Waals surface area (Å²) in [6, 6.07) is 8.87. The first-order valence-corrected chi connectivity index (χ1v) is 11.1. The fourth-order valence-corrected chi connectivity index (χ4v) is 4.00. The number of guanidine groups is 1. The van der Waals surface area contributed by atoms with Gasteiger partial charge in [-0.05, 0) is 63.2 Å². The molecule has 1 aliphatic heterocycles. The predicted molar refractivity (Wildman–Crippen MR) is 123 cm³/mol. The van der Waals surface area contributed by atoms with Crippen molar-refractivity contribution in [3.8, 4) is 0 Å². The van der Waals surface area contributed by atoms with Crippen molar-refractivity contribution in [1.82, 2.24) is 20.1 Å². The van der Waals surface area contributed by atoms with E-state index in [1.807, 2.05) is 20.9 Å². The molecule has 2 aromatic rings. The number of aliphatic imine (C=N–C) groups is 1. The highest BCUT2D eigenvalue weighted by Crippen LogP contribution is 2.19. The first-order valence-electron chi connectivity index (χ1n) is 11.1. The molecular weight excluding hydrogens is 374 g/mol. The first-order chi connectivity index (χ1) is 14.5. The molecule has 0 radical (unpaired) electrons. The second-order valence-corrected chi connectivity index (χ2v) is 8.42. The van der Waals surface area contributed by atoms with Crippen LogP contribution in [0.2, 0.25) is 0 Å². The van der Waals surface area contributed by atoms with Crippen LogP contribution in [-0.2, 0) is 19.5 Å². The summed E-state index contributed by atoms with van der Waals surface area (Å²) in [5, 5.41) is 3.58. The maximum Gasteiger partial charge on any atom is 0.208 e. The van der Waals surface area contributed by atoms with Gasteiger partial charge in [-0.1, -0.05) is 31.2 Å². The normalized spacial score (nSPS) is 16.1. The molecule has 0 aliphatic carbocycles. The number of benzene rings is 1. The van der Waals surface area contributed by atoms with Gasteiger partial charge in [0.1, 0.15) is 5.76 Å². The summed E-state index contributed by atoms with van der Waals surface area (Å²) in [5.74, 6) is 3.41. The molecule has 0 unspecified atom stereocenters. The van der Waals surface area contributed by atoms with Crippen LogP contribution < -0.4 is 5.32 Å². The molecule has 6 heteroatoms. The molecule has 0 saturated carbocycles. The quantitative estimate of drug-likeness (QED) is 0.555. The van der Waals surface area contributed by atoms with Crippen LogP contribution in [0.5, 0.6) is 0 Å². The lowest BCUT2D eigenvalue weighted by Gasteiger charge is -2.32. The van der Waals surface area contributed by atoms with Gasteiger partial charge in [0.25, 0.3) is 0 Å². The monoisotopic (exact) mass is 411 g/mol. The summed E-state index contributed by atoms with van der Waals surface area (Å²) >= 11 is 0. The van der Waals surface area contributed by atoms with Crippen LogP contribution in [0, 0.1) is 19.8 Å². The van der Waals surface area contributed by atoms with Crippen molar-refractivity contribution >= 4 is 5.96 Å². The second kappa shape index (κ2) is 10.6. The molecular formula is C24H37N5O. The standard InChI is InChI=1S/C24H37N5O/c1-6-20-7-9-22(10-8-20)16-28(5)24(25-4)26-15-21-11-13-29(14-12-21)17-23-27-18(2)19(3)30-23/h7-10,21H,6,11-17H2,1-5H3,(H,25,26). The average Bonchev–Trinajstić information content (AvgIpc) is 3.07. The molecule has 1 fully saturated rings. The van der Waals surface area contributed by atoms with E-state index in [9.17, 15) is 0 Å². The van der Waals surface area contributed by atoms with Gasteiger partial charge in [-0.15, -0.1) is 0 Å². The Morgan fingerprint density at radius 1 is 1.20 bits per heavy atom. The van der Waals surface area contributed by atoms with Gasteiger partial charge in [0.05, 0.1) is 12.2 Å². The van der Waals surface area contributed by atoms with E-state index in [-0.39, 0.29) is 0 Å². The van der Waals surface area contributed by atoms with Crippen molar-refractivity contribution in [2.45, 2.75) is 53.1 Å². The second-order valence-electron chi connectivity index (χ2n) is 8.42. The van der Waals surface area contributed by atoms with Crippen LogP contribution in [-0.4, -0.2) is 54.5 Å².